The minimum absolute atomic E-state index is 0. The maximum atomic E-state index is 5.33. The lowest BCUT2D eigenvalue weighted by Crippen LogP contribution is -2.38. The summed E-state index contributed by atoms with van der Waals surface area (Å²) in [6, 6.07) is 6.01. The predicted octanol–water partition coefficient (Wildman–Crippen LogP) is 1.75. The van der Waals surface area contributed by atoms with Crippen molar-refractivity contribution < 1.29 is 9.47 Å². The molecule has 2 N–H and O–H groups in total. The fourth-order valence-corrected chi connectivity index (χ4v) is 2.40. The zero-order valence-electron chi connectivity index (χ0n) is 15.7. The Morgan fingerprint density at radius 1 is 1.19 bits per heavy atom. The third kappa shape index (κ3) is 6.36. The molecule has 26 heavy (non-hydrogen) atoms. The summed E-state index contributed by atoms with van der Waals surface area (Å²) in [5, 5.41) is 10.6. The van der Waals surface area contributed by atoms with Crippen molar-refractivity contribution >= 4 is 29.9 Å². The molecule has 0 aliphatic carbocycles. The van der Waals surface area contributed by atoms with Crippen LogP contribution < -0.4 is 20.1 Å². The second-order valence-corrected chi connectivity index (χ2v) is 5.45. The van der Waals surface area contributed by atoms with E-state index in [0.29, 0.717) is 6.54 Å². The number of nitrogens with zero attached hydrogens (tertiary/aromatic N) is 4. The van der Waals surface area contributed by atoms with Crippen LogP contribution in [0.15, 0.2) is 29.5 Å². The van der Waals surface area contributed by atoms with Gasteiger partial charge in [-0.1, -0.05) is 6.07 Å². The monoisotopic (exact) mass is 474 g/mol. The van der Waals surface area contributed by atoms with Crippen LogP contribution in [0.5, 0.6) is 11.5 Å². The van der Waals surface area contributed by atoms with Crippen molar-refractivity contribution in [3.63, 3.8) is 0 Å². The van der Waals surface area contributed by atoms with E-state index in [0.717, 1.165) is 42.7 Å². The van der Waals surface area contributed by atoms with Crippen LogP contribution in [0.25, 0.3) is 0 Å². The van der Waals surface area contributed by atoms with E-state index in [1.165, 1.54) is 11.9 Å². The topological polar surface area (TPSA) is 85.6 Å². The molecule has 0 saturated heterocycles. The van der Waals surface area contributed by atoms with E-state index in [4.69, 9.17) is 9.47 Å². The molecule has 0 amide bonds. The Balaban J connectivity index is 0.00000338. The van der Waals surface area contributed by atoms with Crippen LogP contribution in [0.1, 0.15) is 17.8 Å². The molecular formula is C17H27IN6O2. The van der Waals surface area contributed by atoms with Crippen LogP contribution in [0.3, 0.4) is 0 Å². The summed E-state index contributed by atoms with van der Waals surface area (Å²) in [6.45, 7) is 1.39. The van der Waals surface area contributed by atoms with E-state index in [-0.39, 0.29) is 24.0 Å². The Morgan fingerprint density at radius 3 is 2.58 bits per heavy atom. The molecule has 0 fully saturated rings. The molecule has 0 atom stereocenters. The third-order valence-electron chi connectivity index (χ3n) is 3.83. The Morgan fingerprint density at radius 2 is 1.96 bits per heavy atom. The lowest BCUT2D eigenvalue weighted by molar-refractivity contribution is 0.354. The van der Waals surface area contributed by atoms with Gasteiger partial charge in [-0.3, -0.25) is 9.67 Å². The van der Waals surface area contributed by atoms with Crippen molar-refractivity contribution in [1.29, 1.82) is 0 Å². The number of nitrogens with one attached hydrogen (secondary N) is 2. The molecule has 8 nitrogen and oxygen atoms in total. The normalized spacial score (nSPS) is 10.8. The number of hydrogen-bond acceptors (Lipinski definition) is 5. The fraction of sp³-hybridized carbons (Fsp3) is 0.471. The van der Waals surface area contributed by atoms with Crippen LogP contribution in [-0.2, 0) is 20.0 Å². The summed E-state index contributed by atoms with van der Waals surface area (Å²) in [4.78, 5) is 8.39. The van der Waals surface area contributed by atoms with Crippen LogP contribution >= 0.6 is 24.0 Å². The highest BCUT2D eigenvalue weighted by Gasteiger charge is 2.05. The van der Waals surface area contributed by atoms with Gasteiger partial charge in [0.15, 0.2) is 17.5 Å². The van der Waals surface area contributed by atoms with Crippen molar-refractivity contribution in [1.82, 2.24) is 25.4 Å². The number of rotatable bonds is 8. The number of guanidine groups is 1. The highest BCUT2D eigenvalue weighted by molar-refractivity contribution is 14.0. The van der Waals surface area contributed by atoms with E-state index in [1.807, 2.05) is 19.2 Å². The SMILES string of the molecule is CN=C(NCCCc1ccc(OC)c(OC)c1)NCc1ncnn1C.I. The summed E-state index contributed by atoms with van der Waals surface area (Å²) in [5.74, 6) is 3.11. The average molecular weight is 474 g/mol. The largest absolute Gasteiger partial charge is 0.493 e. The maximum absolute atomic E-state index is 5.33. The third-order valence-corrected chi connectivity index (χ3v) is 3.83. The van der Waals surface area contributed by atoms with Gasteiger partial charge in [0.2, 0.25) is 0 Å². The quantitative estimate of drug-likeness (QED) is 0.263. The minimum atomic E-state index is 0. The van der Waals surface area contributed by atoms with Crippen molar-refractivity contribution in [3.05, 3.63) is 35.9 Å². The van der Waals surface area contributed by atoms with Gasteiger partial charge in [0.05, 0.1) is 20.8 Å². The predicted molar refractivity (Wildman–Crippen MR) is 112 cm³/mol. The van der Waals surface area contributed by atoms with Gasteiger partial charge in [0, 0.05) is 20.6 Å². The molecule has 1 heterocycles. The summed E-state index contributed by atoms with van der Waals surface area (Å²) in [6.07, 6.45) is 3.45. The zero-order chi connectivity index (χ0) is 18.1. The first-order valence-electron chi connectivity index (χ1n) is 8.16. The molecule has 0 radical (unpaired) electrons. The number of ether oxygens (including phenoxy) is 2. The number of hydrogen-bond donors (Lipinski definition) is 2. The summed E-state index contributed by atoms with van der Waals surface area (Å²) >= 11 is 0. The first-order chi connectivity index (χ1) is 12.2. The molecule has 144 valence electrons. The minimum Gasteiger partial charge on any atom is -0.493 e. The Hall–Kier alpha value is -2.04. The Bertz CT molecular complexity index is 704. The lowest BCUT2D eigenvalue weighted by atomic mass is 10.1. The first-order valence-corrected chi connectivity index (χ1v) is 8.16. The van der Waals surface area contributed by atoms with Gasteiger partial charge in [-0.05, 0) is 30.5 Å². The van der Waals surface area contributed by atoms with Crippen LogP contribution in [0.2, 0.25) is 0 Å². The number of aliphatic imine (C=N–C) groups is 1. The molecule has 0 unspecified atom stereocenters. The molecular weight excluding hydrogens is 447 g/mol. The van der Waals surface area contributed by atoms with E-state index in [9.17, 15) is 0 Å². The van der Waals surface area contributed by atoms with E-state index >= 15 is 0 Å². The molecule has 0 spiro atoms. The van der Waals surface area contributed by atoms with Crippen molar-refractivity contribution in [3.8, 4) is 11.5 Å². The summed E-state index contributed by atoms with van der Waals surface area (Å²) in [7, 11) is 6.90. The molecule has 2 rings (SSSR count). The van der Waals surface area contributed by atoms with Crippen LogP contribution in [-0.4, -0.2) is 48.5 Å². The summed E-state index contributed by atoms with van der Waals surface area (Å²) in [5.41, 5.74) is 1.21. The van der Waals surface area contributed by atoms with Gasteiger partial charge in [0.1, 0.15) is 12.2 Å². The molecule has 2 aromatic rings. The van der Waals surface area contributed by atoms with Crippen molar-refractivity contribution in [2.45, 2.75) is 19.4 Å². The second-order valence-electron chi connectivity index (χ2n) is 5.45. The maximum Gasteiger partial charge on any atom is 0.191 e. The van der Waals surface area contributed by atoms with Gasteiger partial charge < -0.3 is 20.1 Å². The number of aromatic nitrogens is 3. The smallest absolute Gasteiger partial charge is 0.191 e. The van der Waals surface area contributed by atoms with Crippen LogP contribution in [0.4, 0.5) is 0 Å². The summed E-state index contributed by atoms with van der Waals surface area (Å²) < 4.78 is 12.3. The highest BCUT2D eigenvalue weighted by atomic mass is 127. The molecule has 1 aromatic heterocycles. The van der Waals surface area contributed by atoms with E-state index in [1.54, 1.807) is 25.9 Å². The number of halogens is 1. The number of aryl methyl sites for hydroxylation is 2. The standard InChI is InChI=1S/C17H26N6O2.HI/c1-18-17(20-11-16-21-12-22-23(16)2)19-9-5-6-13-7-8-14(24-3)15(10-13)25-4;/h7-8,10,12H,5-6,9,11H2,1-4H3,(H2,18,19,20);1H. The molecule has 0 bridgehead atoms. The first kappa shape index (κ1) is 22.0. The lowest BCUT2D eigenvalue weighted by Gasteiger charge is -2.12. The average Bonchev–Trinajstić information content (AvgIpc) is 3.05. The highest BCUT2D eigenvalue weighted by Crippen LogP contribution is 2.27. The Kier molecular flexibility index (Phi) is 9.78. The van der Waals surface area contributed by atoms with Gasteiger partial charge in [-0.2, -0.15) is 5.10 Å². The van der Waals surface area contributed by atoms with Gasteiger partial charge in [0.25, 0.3) is 0 Å². The van der Waals surface area contributed by atoms with E-state index < -0.39 is 0 Å². The van der Waals surface area contributed by atoms with Crippen molar-refractivity contribution in [2.24, 2.45) is 12.0 Å². The fourth-order valence-electron chi connectivity index (χ4n) is 2.40. The second kappa shape index (κ2) is 11.6. The molecule has 9 heteroatoms. The molecule has 0 saturated carbocycles. The molecule has 0 aliphatic rings. The van der Waals surface area contributed by atoms with Crippen LogP contribution in [0, 0.1) is 0 Å². The van der Waals surface area contributed by atoms with Gasteiger partial charge in [-0.15, -0.1) is 24.0 Å². The molecule has 1 aromatic carbocycles. The van der Waals surface area contributed by atoms with Gasteiger partial charge in [-0.25, -0.2) is 4.98 Å². The Labute approximate surface area is 171 Å². The number of methoxy groups -OCH3 is 2. The van der Waals surface area contributed by atoms with Gasteiger partial charge >= 0.3 is 0 Å². The van der Waals surface area contributed by atoms with E-state index in [2.05, 4.69) is 31.8 Å². The van der Waals surface area contributed by atoms with Crippen molar-refractivity contribution in [2.75, 3.05) is 27.8 Å². The zero-order valence-corrected chi connectivity index (χ0v) is 18.0. The number of benzene rings is 1. The molecule has 0 aliphatic heterocycles.